The molecule has 6 nitrogen and oxygen atoms in total. The highest BCUT2D eigenvalue weighted by Gasteiger charge is 2.11. The second-order valence-corrected chi connectivity index (χ2v) is 6.04. The van der Waals surface area contributed by atoms with E-state index in [0.717, 1.165) is 5.56 Å². The molecule has 2 aromatic heterocycles. The van der Waals surface area contributed by atoms with E-state index in [2.05, 4.69) is 20.6 Å². The molecule has 1 aromatic carbocycles. The van der Waals surface area contributed by atoms with Gasteiger partial charge in [0.25, 0.3) is 0 Å². The topological polar surface area (TPSA) is 87.1 Å². The standard InChI is InChI=1S/C17H14Cl2N4O2/c1-2-20-17(25)23-13-3-4-21-14-7-10(8-22-15(13)14)9-5-11(18)16(24)12(19)6-9/h3-8,24H,2H2,1H3,(H2,20,21,23,25). The van der Waals surface area contributed by atoms with Gasteiger partial charge in [-0.1, -0.05) is 23.2 Å². The summed E-state index contributed by atoms with van der Waals surface area (Å²) in [5.74, 6) is -0.160. The molecule has 8 heteroatoms. The molecular weight excluding hydrogens is 363 g/mol. The van der Waals surface area contributed by atoms with Crippen molar-refractivity contribution in [3.8, 4) is 16.9 Å². The van der Waals surface area contributed by atoms with Gasteiger partial charge in [-0.2, -0.15) is 0 Å². The third-order valence-corrected chi connectivity index (χ3v) is 4.09. The number of phenols is 1. The normalized spacial score (nSPS) is 10.7. The maximum Gasteiger partial charge on any atom is 0.319 e. The first-order chi connectivity index (χ1) is 12.0. The number of pyridine rings is 2. The van der Waals surface area contributed by atoms with Crippen molar-refractivity contribution in [2.45, 2.75) is 6.92 Å². The van der Waals surface area contributed by atoms with E-state index in [4.69, 9.17) is 23.2 Å². The number of hydrogen-bond acceptors (Lipinski definition) is 4. The molecule has 0 aliphatic carbocycles. The minimum absolute atomic E-state index is 0.155. The monoisotopic (exact) mass is 376 g/mol. The molecule has 2 amide bonds. The van der Waals surface area contributed by atoms with Gasteiger partial charge in [0, 0.05) is 24.5 Å². The van der Waals surface area contributed by atoms with Crippen molar-refractivity contribution < 1.29 is 9.90 Å². The maximum atomic E-state index is 11.7. The van der Waals surface area contributed by atoms with Gasteiger partial charge in [0.1, 0.15) is 5.52 Å². The summed E-state index contributed by atoms with van der Waals surface area (Å²) < 4.78 is 0. The van der Waals surface area contributed by atoms with Crippen LogP contribution in [0, 0.1) is 0 Å². The highest BCUT2D eigenvalue weighted by molar-refractivity contribution is 6.37. The number of carbonyl (C=O) groups excluding carboxylic acids is 1. The van der Waals surface area contributed by atoms with Crippen molar-refractivity contribution in [1.29, 1.82) is 0 Å². The van der Waals surface area contributed by atoms with Crippen LogP contribution in [0.2, 0.25) is 10.0 Å². The number of urea groups is 1. The predicted molar refractivity (Wildman–Crippen MR) is 99.4 cm³/mol. The van der Waals surface area contributed by atoms with Gasteiger partial charge in [-0.05, 0) is 36.8 Å². The molecular formula is C17H14Cl2N4O2. The number of amides is 2. The van der Waals surface area contributed by atoms with E-state index < -0.39 is 0 Å². The summed E-state index contributed by atoms with van der Waals surface area (Å²) in [5.41, 5.74) is 3.16. The molecule has 25 heavy (non-hydrogen) atoms. The first kappa shape index (κ1) is 17.3. The van der Waals surface area contributed by atoms with Gasteiger partial charge in [0.2, 0.25) is 0 Å². The third-order valence-electron chi connectivity index (χ3n) is 3.51. The highest BCUT2D eigenvalue weighted by Crippen LogP contribution is 2.36. The van der Waals surface area contributed by atoms with Gasteiger partial charge >= 0.3 is 6.03 Å². The molecule has 3 N–H and O–H groups in total. The fourth-order valence-corrected chi connectivity index (χ4v) is 2.84. The zero-order chi connectivity index (χ0) is 18.0. The zero-order valence-electron chi connectivity index (χ0n) is 13.2. The highest BCUT2D eigenvalue weighted by atomic mass is 35.5. The van der Waals surface area contributed by atoms with Gasteiger partial charge in [0.05, 0.1) is 21.2 Å². The summed E-state index contributed by atoms with van der Waals surface area (Å²) in [4.78, 5) is 20.4. The van der Waals surface area contributed by atoms with Gasteiger partial charge < -0.3 is 15.7 Å². The first-order valence-corrected chi connectivity index (χ1v) is 8.23. The van der Waals surface area contributed by atoms with Crippen LogP contribution < -0.4 is 10.6 Å². The Morgan fingerprint density at radius 3 is 2.56 bits per heavy atom. The second-order valence-electron chi connectivity index (χ2n) is 5.22. The van der Waals surface area contributed by atoms with E-state index in [-0.39, 0.29) is 21.8 Å². The Morgan fingerprint density at radius 2 is 1.88 bits per heavy atom. The van der Waals surface area contributed by atoms with Crippen LogP contribution in [0.1, 0.15) is 6.92 Å². The average Bonchev–Trinajstić information content (AvgIpc) is 2.59. The number of aromatic nitrogens is 2. The van der Waals surface area contributed by atoms with E-state index in [1.54, 1.807) is 30.6 Å². The van der Waals surface area contributed by atoms with Crippen molar-refractivity contribution in [2.75, 3.05) is 11.9 Å². The molecule has 3 rings (SSSR count). The Bertz CT molecular complexity index is 940. The minimum Gasteiger partial charge on any atom is -0.505 e. The smallest absolute Gasteiger partial charge is 0.319 e. The lowest BCUT2D eigenvalue weighted by molar-refractivity contribution is 0.252. The Hall–Kier alpha value is -2.57. The number of anilines is 1. The molecule has 128 valence electrons. The summed E-state index contributed by atoms with van der Waals surface area (Å²) in [6.07, 6.45) is 3.22. The molecule has 0 aliphatic rings. The fraction of sp³-hybridized carbons (Fsp3) is 0.118. The third kappa shape index (κ3) is 3.60. The van der Waals surface area contributed by atoms with Gasteiger partial charge in [-0.25, -0.2) is 4.79 Å². The lowest BCUT2D eigenvalue weighted by atomic mass is 10.1. The molecule has 2 heterocycles. The summed E-state index contributed by atoms with van der Waals surface area (Å²) >= 11 is 11.9. The van der Waals surface area contributed by atoms with Crippen LogP contribution in [0.15, 0.2) is 36.7 Å². The van der Waals surface area contributed by atoms with Crippen molar-refractivity contribution in [3.05, 3.63) is 46.7 Å². The number of carbonyl (C=O) groups is 1. The van der Waals surface area contributed by atoms with Gasteiger partial charge in [-0.15, -0.1) is 0 Å². The predicted octanol–water partition coefficient (Wildman–Crippen LogP) is 4.45. The van der Waals surface area contributed by atoms with Crippen LogP contribution in [0.3, 0.4) is 0 Å². The quantitative estimate of drug-likeness (QED) is 0.629. The van der Waals surface area contributed by atoms with E-state index in [1.165, 1.54) is 0 Å². The SMILES string of the molecule is CCNC(=O)Nc1ccnc2cc(-c3cc(Cl)c(O)c(Cl)c3)cnc12. The molecule has 0 radical (unpaired) electrons. The molecule has 0 aliphatic heterocycles. The number of fused-ring (bicyclic) bond motifs is 1. The van der Waals surface area contributed by atoms with Gasteiger partial charge in [0.15, 0.2) is 5.75 Å². The van der Waals surface area contributed by atoms with Crippen molar-refractivity contribution in [3.63, 3.8) is 0 Å². The van der Waals surface area contributed by atoms with Crippen LogP contribution in [0.5, 0.6) is 5.75 Å². The van der Waals surface area contributed by atoms with Crippen LogP contribution >= 0.6 is 23.2 Å². The Labute approximate surface area is 153 Å². The van der Waals surface area contributed by atoms with Crippen molar-refractivity contribution in [1.82, 2.24) is 15.3 Å². The molecule has 3 aromatic rings. The summed E-state index contributed by atoms with van der Waals surface area (Å²) in [6.45, 7) is 2.36. The second kappa shape index (κ2) is 7.13. The molecule has 0 saturated heterocycles. The number of nitrogens with zero attached hydrogens (tertiary/aromatic N) is 2. The summed E-state index contributed by atoms with van der Waals surface area (Å²) in [5, 5.41) is 15.4. The molecule has 0 atom stereocenters. The Balaban J connectivity index is 2.03. The zero-order valence-corrected chi connectivity index (χ0v) is 14.7. The number of rotatable bonds is 3. The number of halogens is 2. The molecule has 0 spiro atoms. The van der Waals surface area contributed by atoms with Crippen LogP contribution in [0.25, 0.3) is 22.2 Å². The van der Waals surface area contributed by atoms with Crippen LogP contribution in [-0.4, -0.2) is 27.7 Å². The number of nitrogens with one attached hydrogen (secondary N) is 2. The molecule has 0 fully saturated rings. The summed E-state index contributed by atoms with van der Waals surface area (Å²) in [6, 6.07) is 6.38. The van der Waals surface area contributed by atoms with Gasteiger partial charge in [-0.3, -0.25) is 9.97 Å². The van der Waals surface area contributed by atoms with E-state index in [9.17, 15) is 9.90 Å². The lowest BCUT2D eigenvalue weighted by Crippen LogP contribution is -2.28. The largest absolute Gasteiger partial charge is 0.505 e. The number of hydrogen-bond donors (Lipinski definition) is 3. The summed E-state index contributed by atoms with van der Waals surface area (Å²) in [7, 11) is 0. The Kier molecular flexibility index (Phi) is 4.92. The molecule has 0 saturated carbocycles. The lowest BCUT2D eigenvalue weighted by Gasteiger charge is -2.10. The van der Waals surface area contributed by atoms with Crippen LogP contribution in [-0.2, 0) is 0 Å². The Morgan fingerprint density at radius 1 is 1.16 bits per heavy atom. The van der Waals surface area contributed by atoms with E-state index in [1.807, 2.05) is 13.0 Å². The maximum absolute atomic E-state index is 11.7. The number of aromatic hydroxyl groups is 1. The van der Waals surface area contributed by atoms with E-state index >= 15 is 0 Å². The average molecular weight is 377 g/mol. The van der Waals surface area contributed by atoms with Crippen molar-refractivity contribution in [2.24, 2.45) is 0 Å². The molecule has 0 unspecified atom stereocenters. The number of benzene rings is 1. The van der Waals surface area contributed by atoms with E-state index in [0.29, 0.717) is 28.8 Å². The first-order valence-electron chi connectivity index (χ1n) is 7.47. The number of phenolic OH excluding ortho intramolecular Hbond substituents is 1. The minimum atomic E-state index is -0.307. The van der Waals surface area contributed by atoms with Crippen LogP contribution in [0.4, 0.5) is 10.5 Å². The van der Waals surface area contributed by atoms with Crippen molar-refractivity contribution >= 4 is 46.0 Å². The molecule has 0 bridgehead atoms. The fourth-order valence-electron chi connectivity index (χ4n) is 2.35.